The van der Waals surface area contributed by atoms with Gasteiger partial charge in [0.05, 0.1) is 38.4 Å². The van der Waals surface area contributed by atoms with Crippen LogP contribution < -0.4 is 9.47 Å². The Morgan fingerprint density at radius 3 is 2.68 bits per heavy atom. The Hall–Kier alpha value is -3.07. The number of aromatic nitrogens is 1. The van der Waals surface area contributed by atoms with Gasteiger partial charge in [-0.1, -0.05) is 48.3 Å². The summed E-state index contributed by atoms with van der Waals surface area (Å²) < 4.78 is 20.0. The number of benzene rings is 2. The van der Waals surface area contributed by atoms with Crippen LogP contribution in [0.15, 0.2) is 72.9 Å². The molecule has 2 saturated heterocycles. The SMILES string of the molecule is COc1ccccc1CC(=O)N1CC(OC)C(Oc2cccc(CSN3CCCC3c3ccccn3)c2)C1. The lowest BCUT2D eigenvalue weighted by Crippen LogP contribution is -2.32. The molecular formula is C30H35N3O4S. The third kappa shape index (κ3) is 6.31. The summed E-state index contributed by atoms with van der Waals surface area (Å²) in [6.07, 6.45) is 4.08. The zero-order valence-electron chi connectivity index (χ0n) is 22.0. The normalized spacial score (nSPS) is 21.5. The van der Waals surface area contributed by atoms with Gasteiger partial charge in [0.1, 0.15) is 23.7 Å². The van der Waals surface area contributed by atoms with Crippen LogP contribution in [0.1, 0.15) is 35.7 Å². The highest BCUT2D eigenvalue weighted by atomic mass is 32.2. The highest BCUT2D eigenvalue weighted by Crippen LogP contribution is 2.37. The number of hydrogen-bond donors (Lipinski definition) is 0. The quantitative estimate of drug-likeness (QED) is 0.343. The average molecular weight is 534 g/mol. The molecule has 7 nitrogen and oxygen atoms in total. The lowest BCUT2D eigenvalue weighted by Gasteiger charge is -2.23. The summed E-state index contributed by atoms with van der Waals surface area (Å²) in [5, 5.41) is 0. The van der Waals surface area contributed by atoms with E-state index in [0.29, 0.717) is 19.1 Å². The molecule has 3 heterocycles. The van der Waals surface area contributed by atoms with Crippen molar-refractivity contribution in [3.8, 4) is 11.5 Å². The van der Waals surface area contributed by atoms with Crippen molar-refractivity contribution in [1.29, 1.82) is 0 Å². The summed E-state index contributed by atoms with van der Waals surface area (Å²) in [7, 11) is 3.30. The van der Waals surface area contributed by atoms with E-state index >= 15 is 0 Å². The second kappa shape index (κ2) is 12.7. The van der Waals surface area contributed by atoms with Crippen LogP contribution in [0.3, 0.4) is 0 Å². The van der Waals surface area contributed by atoms with E-state index in [-0.39, 0.29) is 24.5 Å². The number of rotatable bonds is 10. The van der Waals surface area contributed by atoms with Crippen molar-refractivity contribution in [2.24, 2.45) is 0 Å². The van der Waals surface area contributed by atoms with Crippen LogP contribution in [0.5, 0.6) is 11.5 Å². The summed E-state index contributed by atoms with van der Waals surface area (Å²) >= 11 is 1.85. The molecule has 0 bridgehead atoms. The number of carbonyl (C=O) groups excluding carboxylic acids is 1. The molecule has 2 fully saturated rings. The van der Waals surface area contributed by atoms with Gasteiger partial charge >= 0.3 is 0 Å². The van der Waals surface area contributed by atoms with E-state index in [9.17, 15) is 4.79 Å². The number of methoxy groups -OCH3 is 2. The third-order valence-electron chi connectivity index (χ3n) is 7.22. The van der Waals surface area contributed by atoms with Crippen LogP contribution in [0.4, 0.5) is 0 Å². The smallest absolute Gasteiger partial charge is 0.227 e. The van der Waals surface area contributed by atoms with Crippen LogP contribution >= 0.6 is 11.9 Å². The van der Waals surface area contributed by atoms with Gasteiger partial charge in [0.2, 0.25) is 5.91 Å². The molecule has 0 spiro atoms. The minimum Gasteiger partial charge on any atom is -0.496 e. The fourth-order valence-electron chi connectivity index (χ4n) is 5.22. The number of pyridine rings is 1. The number of likely N-dealkylation sites (tertiary alicyclic amines) is 1. The van der Waals surface area contributed by atoms with Gasteiger partial charge in [0.25, 0.3) is 0 Å². The van der Waals surface area contributed by atoms with Crippen molar-refractivity contribution >= 4 is 17.9 Å². The van der Waals surface area contributed by atoms with Crippen LogP contribution in [0.25, 0.3) is 0 Å². The maximum atomic E-state index is 13.1. The minimum absolute atomic E-state index is 0.0425. The topological polar surface area (TPSA) is 64.1 Å². The first-order chi connectivity index (χ1) is 18.6. The van der Waals surface area contributed by atoms with Gasteiger partial charge in [-0.25, -0.2) is 4.31 Å². The number of ether oxygens (including phenoxy) is 3. The Morgan fingerprint density at radius 2 is 1.87 bits per heavy atom. The molecule has 38 heavy (non-hydrogen) atoms. The number of carbonyl (C=O) groups is 1. The molecular weight excluding hydrogens is 498 g/mol. The Labute approximate surface area is 229 Å². The lowest BCUT2D eigenvalue weighted by molar-refractivity contribution is -0.130. The van der Waals surface area contributed by atoms with E-state index in [2.05, 4.69) is 33.6 Å². The second-order valence-electron chi connectivity index (χ2n) is 9.69. The van der Waals surface area contributed by atoms with Gasteiger partial charge in [0, 0.05) is 31.2 Å². The van der Waals surface area contributed by atoms with Crippen LogP contribution in [0, 0.1) is 0 Å². The zero-order valence-corrected chi connectivity index (χ0v) is 22.8. The molecule has 8 heteroatoms. The molecule has 2 aromatic carbocycles. The van der Waals surface area contributed by atoms with Gasteiger partial charge in [-0.05, 0) is 48.7 Å². The Kier molecular flexibility index (Phi) is 8.83. The number of hydrogen-bond acceptors (Lipinski definition) is 7. The maximum Gasteiger partial charge on any atom is 0.227 e. The molecule has 5 rings (SSSR count). The van der Waals surface area contributed by atoms with Gasteiger partial charge in [-0.2, -0.15) is 0 Å². The second-order valence-corrected chi connectivity index (χ2v) is 10.7. The molecule has 3 unspecified atom stereocenters. The average Bonchev–Trinajstić information content (AvgIpc) is 3.60. The van der Waals surface area contributed by atoms with Crippen LogP contribution in [0.2, 0.25) is 0 Å². The Balaban J connectivity index is 1.18. The molecule has 0 N–H and O–H groups in total. The molecule has 0 saturated carbocycles. The first kappa shape index (κ1) is 26.5. The molecule has 3 atom stereocenters. The van der Waals surface area contributed by atoms with Crippen molar-refractivity contribution in [3.63, 3.8) is 0 Å². The summed E-state index contributed by atoms with van der Waals surface area (Å²) in [6, 6.07) is 22.4. The standard InChI is InChI=1S/C30H35N3O4S/c1-35-27-14-4-3-10-23(27)18-30(34)32-19-28(36-2)29(20-32)37-24-11-7-9-22(17-24)21-38-33-16-8-13-26(33)25-12-5-6-15-31-25/h3-7,9-12,14-15,17,26,28-29H,8,13,16,18-21H2,1-2H3. The van der Waals surface area contributed by atoms with E-state index in [0.717, 1.165) is 41.5 Å². The number of amides is 1. The summed E-state index contributed by atoms with van der Waals surface area (Å²) in [5.41, 5.74) is 3.23. The molecule has 3 aromatic rings. The zero-order chi connectivity index (χ0) is 26.3. The third-order valence-corrected chi connectivity index (χ3v) is 8.45. The monoisotopic (exact) mass is 533 g/mol. The molecule has 0 radical (unpaired) electrons. The van der Waals surface area contributed by atoms with Crippen LogP contribution in [-0.2, 0) is 21.7 Å². The minimum atomic E-state index is -0.225. The van der Waals surface area contributed by atoms with Crippen LogP contribution in [-0.4, -0.2) is 66.2 Å². The molecule has 1 aromatic heterocycles. The first-order valence-corrected chi connectivity index (χ1v) is 14.1. The lowest BCUT2D eigenvalue weighted by atomic mass is 10.1. The molecule has 2 aliphatic rings. The first-order valence-electron chi connectivity index (χ1n) is 13.1. The highest BCUT2D eigenvalue weighted by molar-refractivity contribution is 7.96. The van der Waals surface area contributed by atoms with Gasteiger partial charge in [-0.3, -0.25) is 9.78 Å². The number of para-hydroxylation sites is 1. The fraction of sp³-hybridized carbons (Fsp3) is 0.400. The van der Waals surface area contributed by atoms with Crippen molar-refractivity contribution < 1.29 is 19.0 Å². The van der Waals surface area contributed by atoms with Gasteiger partial charge < -0.3 is 19.1 Å². The van der Waals surface area contributed by atoms with E-state index in [1.807, 2.05) is 65.5 Å². The molecule has 200 valence electrons. The molecule has 0 aliphatic carbocycles. The molecule has 2 aliphatic heterocycles. The Morgan fingerprint density at radius 1 is 1.03 bits per heavy atom. The molecule has 1 amide bonds. The summed E-state index contributed by atoms with van der Waals surface area (Å²) in [6.45, 7) is 2.07. The summed E-state index contributed by atoms with van der Waals surface area (Å²) in [5.74, 6) is 2.44. The van der Waals surface area contributed by atoms with Crippen molar-refractivity contribution in [1.82, 2.24) is 14.2 Å². The summed E-state index contributed by atoms with van der Waals surface area (Å²) in [4.78, 5) is 19.5. The van der Waals surface area contributed by atoms with E-state index < -0.39 is 0 Å². The largest absolute Gasteiger partial charge is 0.496 e. The van der Waals surface area contributed by atoms with E-state index in [4.69, 9.17) is 14.2 Å². The predicted molar refractivity (Wildman–Crippen MR) is 149 cm³/mol. The maximum absolute atomic E-state index is 13.1. The van der Waals surface area contributed by atoms with Crippen molar-refractivity contribution in [2.45, 2.75) is 43.3 Å². The fourth-order valence-corrected chi connectivity index (χ4v) is 6.36. The van der Waals surface area contributed by atoms with Crippen molar-refractivity contribution in [2.75, 3.05) is 33.9 Å². The van der Waals surface area contributed by atoms with Crippen molar-refractivity contribution in [3.05, 3.63) is 89.7 Å². The van der Waals surface area contributed by atoms with Gasteiger partial charge in [0.15, 0.2) is 0 Å². The predicted octanol–water partition coefficient (Wildman–Crippen LogP) is 4.92. The van der Waals surface area contributed by atoms with E-state index in [1.165, 1.54) is 12.0 Å². The highest BCUT2D eigenvalue weighted by Gasteiger charge is 2.37. The number of nitrogens with zero attached hydrogens (tertiary/aromatic N) is 3. The van der Waals surface area contributed by atoms with E-state index in [1.54, 1.807) is 14.2 Å². The van der Waals surface area contributed by atoms with Gasteiger partial charge in [-0.15, -0.1) is 0 Å². The Bertz CT molecular complexity index is 1210.